The van der Waals surface area contributed by atoms with Crippen molar-refractivity contribution < 1.29 is 18.7 Å². The van der Waals surface area contributed by atoms with E-state index in [2.05, 4.69) is 10.4 Å². The van der Waals surface area contributed by atoms with Crippen LogP contribution in [0.1, 0.15) is 6.42 Å². The van der Waals surface area contributed by atoms with Gasteiger partial charge < -0.3 is 14.8 Å². The van der Waals surface area contributed by atoms with Gasteiger partial charge in [-0.2, -0.15) is 5.10 Å². The van der Waals surface area contributed by atoms with Gasteiger partial charge in [0, 0.05) is 24.9 Å². The molecule has 23 heavy (non-hydrogen) atoms. The Kier molecular flexibility index (Phi) is 4.87. The van der Waals surface area contributed by atoms with Crippen LogP contribution >= 0.6 is 0 Å². The number of aromatic nitrogens is 2. The molecule has 0 spiro atoms. The number of rotatable bonds is 5. The van der Waals surface area contributed by atoms with Crippen molar-refractivity contribution in [1.82, 2.24) is 15.1 Å². The standard InChI is InChI=1S/C16H18FN3O3/c17-12-3-1-4-13(9-12)23-15-5-8-22-11-14(15)19-16(21)10-20-7-2-6-18-20/h1-4,6-7,9,14-15H,5,8,10-11H2,(H,19,21)/t14-,15+/m1/s1. The van der Waals surface area contributed by atoms with Crippen molar-refractivity contribution in [2.75, 3.05) is 13.2 Å². The second-order valence-electron chi connectivity index (χ2n) is 5.35. The van der Waals surface area contributed by atoms with Gasteiger partial charge >= 0.3 is 0 Å². The Morgan fingerprint density at radius 1 is 1.48 bits per heavy atom. The first-order valence-corrected chi connectivity index (χ1v) is 7.47. The number of hydrogen-bond donors (Lipinski definition) is 1. The lowest BCUT2D eigenvalue weighted by atomic mass is 10.1. The largest absolute Gasteiger partial charge is 0.488 e. The molecule has 2 heterocycles. The zero-order chi connectivity index (χ0) is 16.1. The lowest BCUT2D eigenvalue weighted by Crippen LogP contribution is -2.52. The van der Waals surface area contributed by atoms with Crippen LogP contribution < -0.4 is 10.1 Å². The highest BCUT2D eigenvalue weighted by Crippen LogP contribution is 2.19. The van der Waals surface area contributed by atoms with E-state index >= 15 is 0 Å². The fraction of sp³-hybridized carbons (Fsp3) is 0.375. The van der Waals surface area contributed by atoms with E-state index in [1.807, 2.05) is 0 Å². The van der Waals surface area contributed by atoms with E-state index in [-0.39, 0.29) is 30.4 Å². The fourth-order valence-electron chi connectivity index (χ4n) is 2.50. The third-order valence-corrected chi connectivity index (χ3v) is 3.59. The van der Waals surface area contributed by atoms with Gasteiger partial charge in [0.1, 0.15) is 24.2 Å². The summed E-state index contributed by atoms with van der Waals surface area (Å²) in [6.45, 7) is 1.05. The first kappa shape index (κ1) is 15.5. The maximum absolute atomic E-state index is 13.3. The van der Waals surface area contributed by atoms with E-state index in [1.54, 1.807) is 35.3 Å². The fourth-order valence-corrected chi connectivity index (χ4v) is 2.50. The maximum atomic E-state index is 13.3. The van der Waals surface area contributed by atoms with Crippen molar-refractivity contribution in [2.24, 2.45) is 0 Å². The van der Waals surface area contributed by atoms with E-state index in [4.69, 9.17) is 9.47 Å². The second kappa shape index (κ2) is 7.23. The highest BCUT2D eigenvalue weighted by atomic mass is 19.1. The zero-order valence-electron chi connectivity index (χ0n) is 12.5. The number of hydrogen-bond acceptors (Lipinski definition) is 4. The van der Waals surface area contributed by atoms with E-state index in [0.717, 1.165) is 0 Å². The van der Waals surface area contributed by atoms with Crippen molar-refractivity contribution in [2.45, 2.75) is 25.1 Å². The predicted molar refractivity (Wildman–Crippen MR) is 80.4 cm³/mol. The van der Waals surface area contributed by atoms with Gasteiger partial charge in [0.15, 0.2) is 0 Å². The van der Waals surface area contributed by atoms with Crippen molar-refractivity contribution in [3.63, 3.8) is 0 Å². The van der Waals surface area contributed by atoms with Crippen LogP contribution in [-0.2, 0) is 16.1 Å². The zero-order valence-corrected chi connectivity index (χ0v) is 12.5. The molecule has 0 radical (unpaired) electrons. The minimum Gasteiger partial charge on any atom is -0.488 e. The van der Waals surface area contributed by atoms with E-state index < -0.39 is 0 Å². The monoisotopic (exact) mass is 319 g/mol. The van der Waals surface area contributed by atoms with Gasteiger partial charge in [-0.25, -0.2) is 4.39 Å². The number of halogens is 1. The SMILES string of the molecule is O=C(Cn1cccn1)N[C@@H]1COCC[C@@H]1Oc1cccc(F)c1. The molecule has 1 saturated heterocycles. The molecule has 1 aromatic carbocycles. The number of benzene rings is 1. The van der Waals surface area contributed by atoms with Gasteiger partial charge in [0.2, 0.25) is 5.91 Å². The van der Waals surface area contributed by atoms with Gasteiger partial charge in [0.05, 0.1) is 19.3 Å². The average molecular weight is 319 g/mol. The summed E-state index contributed by atoms with van der Waals surface area (Å²) in [5.41, 5.74) is 0. The molecule has 122 valence electrons. The third kappa shape index (κ3) is 4.29. The molecular weight excluding hydrogens is 301 g/mol. The van der Waals surface area contributed by atoms with Crippen LogP contribution in [0.2, 0.25) is 0 Å². The number of carbonyl (C=O) groups is 1. The number of amides is 1. The molecule has 1 aliphatic rings. The highest BCUT2D eigenvalue weighted by Gasteiger charge is 2.29. The van der Waals surface area contributed by atoms with Crippen molar-refractivity contribution in [3.8, 4) is 5.75 Å². The third-order valence-electron chi connectivity index (χ3n) is 3.59. The van der Waals surface area contributed by atoms with Crippen LogP contribution in [0.3, 0.4) is 0 Å². The summed E-state index contributed by atoms with van der Waals surface area (Å²) in [5, 5.41) is 6.90. The van der Waals surface area contributed by atoms with Crippen LogP contribution in [0.15, 0.2) is 42.7 Å². The lowest BCUT2D eigenvalue weighted by Gasteiger charge is -2.32. The van der Waals surface area contributed by atoms with Gasteiger partial charge in [-0.15, -0.1) is 0 Å². The van der Waals surface area contributed by atoms with Crippen molar-refractivity contribution in [3.05, 3.63) is 48.5 Å². The highest BCUT2D eigenvalue weighted by molar-refractivity contribution is 5.76. The van der Waals surface area contributed by atoms with Crippen LogP contribution in [0.4, 0.5) is 4.39 Å². The number of ether oxygens (including phenoxy) is 2. The molecule has 1 aromatic heterocycles. The topological polar surface area (TPSA) is 65.4 Å². The van der Waals surface area contributed by atoms with E-state index in [0.29, 0.717) is 25.4 Å². The van der Waals surface area contributed by atoms with Gasteiger partial charge in [0.25, 0.3) is 0 Å². The Hall–Kier alpha value is -2.41. The molecular formula is C16H18FN3O3. The smallest absolute Gasteiger partial charge is 0.242 e. The average Bonchev–Trinajstić information content (AvgIpc) is 3.02. The summed E-state index contributed by atoms with van der Waals surface area (Å²) in [7, 11) is 0. The molecule has 7 heteroatoms. The molecule has 1 fully saturated rings. The Morgan fingerprint density at radius 2 is 2.39 bits per heavy atom. The molecule has 2 atom stereocenters. The van der Waals surface area contributed by atoms with Crippen LogP contribution in [0.25, 0.3) is 0 Å². The molecule has 1 aliphatic heterocycles. The second-order valence-corrected chi connectivity index (χ2v) is 5.35. The minimum atomic E-state index is -0.353. The molecule has 2 aromatic rings. The number of carbonyl (C=O) groups excluding carboxylic acids is 1. The molecule has 1 amide bonds. The summed E-state index contributed by atoms with van der Waals surface area (Å²) in [4.78, 5) is 12.1. The Morgan fingerprint density at radius 3 is 3.17 bits per heavy atom. The summed E-state index contributed by atoms with van der Waals surface area (Å²) in [6, 6.07) is 7.46. The first-order chi connectivity index (χ1) is 11.2. The van der Waals surface area contributed by atoms with Crippen LogP contribution in [0, 0.1) is 5.82 Å². The molecule has 1 N–H and O–H groups in total. The molecule has 0 aliphatic carbocycles. The van der Waals surface area contributed by atoms with Crippen molar-refractivity contribution >= 4 is 5.91 Å². The van der Waals surface area contributed by atoms with Gasteiger partial charge in [-0.3, -0.25) is 9.48 Å². The molecule has 0 saturated carbocycles. The summed E-state index contributed by atoms with van der Waals surface area (Å²) in [5.74, 6) is -0.0749. The van der Waals surface area contributed by atoms with E-state index in [9.17, 15) is 9.18 Å². The van der Waals surface area contributed by atoms with Gasteiger partial charge in [-0.05, 0) is 18.2 Å². The quantitative estimate of drug-likeness (QED) is 0.904. The molecule has 0 unspecified atom stereocenters. The van der Waals surface area contributed by atoms with Crippen molar-refractivity contribution in [1.29, 1.82) is 0 Å². The maximum Gasteiger partial charge on any atom is 0.242 e. The molecule has 6 nitrogen and oxygen atoms in total. The molecule has 3 rings (SSSR count). The lowest BCUT2D eigenvalue weighted by molar-refractivity contribution is -0.125. The summed E-state index contributed by atoms with van der Waals surface area (Å²) < 4.78 is 26.0. The van der Waals surface area contributed by atoms with Crippen LogP contribution in [0.5, 0.6) is 5.75 Å². The minimum absolute atomic E-state index is 0.135. The first-order valence-electron chi connectivity index (χ1n) is 7.47. The summed E-state index contributed by atoms with van der Waals surface area (Å²) in [6.07, 6.45) is 3.71. The van der Waals surface area contributed by atoms with Gasteiger partial charge in [-0.1, -0.05) is 6.07 Å². The number of nitrogens with zero attached hydrogens (tertiary/aromatic N) is 2. The number of nitrogens with one attached hydrogen (secondary N) is 1. The Balaban J connectivity index is 1.60. The van der Waals surface area contributed by atoms with E-state index in [1.165, 1.54) is 12.1 Å². The Labute approximate surface area is 133 Å². The summed E-state index contributed by atoms with van der Waals surface area (Å²) >= 11 is 0. The molecule has 0 bridgehead atoms. The predicted octanol–water partition coefficient (Wildman–Crippen LogP) is 1.37. The normalized spacial score (nSPS) is 20.9. The Bertz CT molecular complexity index is 648. The van der Waals surface area contributed by atoms with Crippen LogP contribution in [-0.4, -0.2) is 41.0 Å².